The number of benzene rings is 1. The Kier molecular flexibility index (Phi) is 5.49. The topological polar surface area (TPSA) is 38.3 Å². The summed E-state index contributed by atoms with van der Waals surface area (Å²) in [6, 6.07) is 5.25. The molecule has 7 heteroatoms. The Hall–Kier alpha value is -1.21. The number of hydrogen-bond acceptors (Lipinski definition) is 3. The van der Waals surface area contributed by atoms with Crippen LogP contribution < -0.4 is 5.32 Å². The number of nitrogens with one attached hydrogen (secondary N) is 1. The van der Waals surface area contributed by atoms with Gasteiger partial charge in [0, 0.05) is 24.1 Å². The van der Waals surface area contributed by atoms with Crippen molar-refractivity contribution in [3.8, 4) is 0 Å². The van der Waals surface area contributed by atoms with Crippen molar-refractivity contribution < 1.29 is 22.7 Å². The van der Waals surface area contributed by atoms with Gasteiger partial charge in [0.1, 0.15) is 0 Å². The number of carbonyl (C=O) groups excluding carboxylic acids is 1. The minimum atomic E-state index is -4.32. The zero-order valence-electron chi connectivity index (χ0n) is 9.58. The Balaban J connectivity index is 2.57. The number of ether oxygens (including phenoxy) is 1. The van der Waals surface area contributed by atoms with Crippen LogP contribution in [0.25, 0.3) is 0 Å². The number of halogens is 3. The maximum atomic E-state index is 12.1. The van der Waals surface area contributed by atoms with Gasteiger partial charge in [0.25, 0.3) is 5.91 Å². The van der Waals surface area contributed by atoms with E-state index in [1.54, 1.807) is 0 Å². The van der Waals surface area contributed by atoms with Crippen molar-refractivity contribution >= 4 is 17.7 Å². The molecule has 100 valence electrons. The van der Waals surface area contributed by atoms with Crippen molar-refractivity contribution in [3.63, 3.8) is 0 Å². The fraction of sp³-hybridized carbons (Fsp3) is 0.364. The molecule has 0 unspecified atom stereocenters. The van der Waals surface area contributed by atoms with Crippen molar-refractivity contribution in [1.82, 2.24) is 5.32 Å². The number of alkyl halides is 3. The summed E-state index contributed by atoms with van der Waals surface area (Å²) in [5.74, 6) is -0.337. The fourth-order valence-corrected chi connectivity index (χ4v) is 1.72. The molecule has 1 aromatic rings. The lowest BCUT2D eigenvalue weighted by Gasteiger charge is -2.07. The number of hydrogen-bond donors (Lipinski definition) is 1. The molecule has 0 radical (unpaired) electrons. The highest BCUT2D eigenvalue weighted by atomic mass is 32.2. The van der Waals surface area contributed by atoms with E-state index in [1.165, 1.54) is 31.4 Å². The van der Waals surface area contributed by atoms with Crippen molar-refractivity contribution in [1.29, 1.82) is 0 Å². The first kappa shape index (κ1) is 14.8. The Morgan fingerprint density at radius 1 is 1.33 bits per heavy atom. The molecule has 0 aliphatic heterocycles. The summed E-state index contributed by atoms with van der Waals surface area (Å²) >= 11 is -0.209. The molecule has 1 amide bonds. The van der Waals surface area contributed by atoms with Crippen LogP contribution in [0, 0.1) is 0 Å². The smallest absolute Gasteiger partial charge is 0.383 e. The molecule has 0 bridgehead atoms. The predicted molar refractivity (Wildman–Crippen MR) is 62.6 cm³/mol. The molecule has 1 rings (SSSR count). The first-order valence-electron chi connectivity index (χ1n) is 5.05. The highest BCUT2D eigenvalue weighted by molar-refractivity contribution is 8.00. The molecule has 0 saturated heterocycles. The van der Waals surface area contributed by atoms with Crippen LogP contribution in [0.5, 0.6) is 0 Å². The Morgan fingerprint density at radius 3 is 2.44 bits per heavy atom. The number of carbonyl (C=O) groups is 1. The van der Waals surface area contributed by atoms with Crippen LogP contribution in [0.2, 0.25) is 0 Å². The molecule has 0 heterocycles. The second-order valence-electron chi connectivity index (χ2n) is 3.32. The van der Waals surface area contributed by atoms with E-state index >= 15 is 0 Å². The van der Waals surface area contributed by atoms with Crippen molar-refractivity contribution in [2.75, 3.05) is 20.3 Å². The molecule has 0 fully saturated rings. The number of rotatable bonds is 5. The first-order valence-corrected chi connectivity index (χ1v) is 5.87. The van der Waals surface area contributed by atoms with Crippen LogP contribution in [0.4, 0.5) is 13.2 Å². The van der Waals surface area contributed by atoms with Gasteiger partial charge < -0.3 is 10.1 Å². The normalized spacial score (nSPS) is 11.3. The highest BCUT2D eigenvalue weighted by Gasteiger charge is 2.29. The van der Waals surface area contributed by atoms with Gasteiger partial charge >= 0.3 is 5.51 Å². The monoisotopic (exact) mass is 279 g/mol. The third-order valence-electron chi connectivity index (χ3n) is 1.94. The number of thioether (sulfide) groups is 1. The van der Waals surface area contributed by atoms with Gasteiger partial charge in [-0.2, -0.15) is 13.2 Å². The van der Waals surface area contributed by atoms with Gasteiger partial charge in [0.15, 0.2) is 0 Å². The summed E-state index contributed by atoms with van der Waals surface area (Å²) in [5.41, 5.74) is -4.00. The van der Waals surface area contributed by atoms with Crippen LogP contribution in [0.3, 0.4) is 0 Å². The third kappa shape index (κ3) is 5.42. The maximum absolute atomic E-state index is 12.1. The molecule has 0 saturated carbocycles. The summed E-state index contributed by atoms with van der Waals surface area (Å²) in [6.45, 7) is 0.738. The molecule has 3 nitrogen and oxygen atoms in total. The van der Waals surface area contributed by atoms with Gasteiger partial charge in [-0.1, -0.05) is 0 Å². The van der Waals surface area contributed by atoms with Crippen LogP contribution in [0.1, 0.15) is 10.4 Å². The van der Waals surface area contributed by atoms with Crippen LogP contribution in [0.15, 0.2) is 29.2 Å². The molecule has 0 aromatic heterocycles. The van der Waals surface area contributed by atoms with E-state index < -0.39 is 5.51 Å². The van der Waals surface area contributed by atoms with Crippen LogP contribution >= 0.6 is 11.8 Å². The average molecular weight is 279 g/mol. The predicted octanol–water partition coefficient (Wildman–Crippen LogP) is 2.67. The van der Waals surface area contributed by atoms with Gasteiger partial charge in [0.05, 0.1) is 6.61 Å². The minimum absolute atomic E-state index is 0.0518. The molecule has 18 heavy (non-hydrogen) atoms. The second-order valence-corrected chi connectivity index (χ2v) is 4.46. The maximum Gasteiger partial charge on any atom is 0.446 e. The second kappa shape index (κ2) is 6.65. The van der Waals surface area contributed by atoms with Gasteiger partial charge in [-0.3, -0.25) is 4.79 Å². The van der Waals surface area contributed by atoms with Gasteiger partial charge in [-0.15, -0.1) is 0 Å². The zero-order chi connectivity index (χ0) is 13.6. The lowest BCUT2D eigenvalue weighted by atomic mass is 10.2. The van der Waals surface area contributed by atoms with Gasteiger partial charge in [0.2, 0.25) is 0 Å². The van der Waals surface area contributed by atoms with Crippen molar-refractivity contribution in [3.05, 3.63) is 29.8 Å². The third-order valence-corrected chi connectivity index (χ3v) is 2.68. The van der Waals surface area contributed by atoms with E-state index in [9.17, 15) is 18.0 Å². The van der Waals surface area contributed by atoms with Crippen molar-refractivity contribution in [2.24, 2.45) is 0 Å². The molecular weight excluding hydrogens is 267 g/mol. The first-order chi connectivity index (χ1) is 8.42. The number of amides is 1. The SMILES string of the molecule is COCCNC(=O)c1ccc(SC(F)(F)F)cc1. The zero-order valence-corrected chi connectivity index (χ0v) is 10.4. The van der Waals surface area contributed by atoms with E-state index in [0.717, 1.165) is 0 Å². The molecule has 1 N–H and O–H groups in total. The van der Waals surface area contributed by atoms with Crippen LogP contribution in [-0.2, 0) is 4.74 Å². The highest BCUT2D eigenvalue weighted by Crippen LogP contribution is 2.36. The molecule has 0 aliphatic carbocycles. The molecule has 0 atom stereocenters. The summed E-state index contributed by atoms with van der Waals surface area (Å²) in [4.78, 5) is 11.6. The van der Waals surface area contributed by atoms with Gasteiger partial charge in [-0.25, -0.2) is 0 Å². The molecule has 0 aliphatic rings. The standard InChI is InChI=1S/C11H12F3NO2S/c1-17-7-6-15-10(16)8-2-4-9(5-3-8)18-11(12,13)14/h2-5H,6-7H2,1H3,(H,15,16). The molecular formula is C11H12F3NO2S. The van der Waals surface area contributed by atoms with E-state index in [1.807, 2.05) is 0 Å². The van der Waals surface area contributed by atoms with Crippen molar-refractivity contribution in [2.45, 2.75) is 10.4 Å². The largest absolute Gasteiger partial charge is 0.446 e. The van der Waals surface area contributed by atoms with E-state index in [-0.39, 0.29) is 22.6 Å². The lowest BCUT2D eigenvalue weighted by molar-refractivity contribution is -0.0328. The fourth-order valence-electron chi connectivity index (χ4n) is 1.18. The summed E-state index contributed by atoms with van der Waals surface area (Å²) in [5, 5.41) is 2.57. The molecule has 0 spiro atoms. The number of methoxy groups -OCH3 is 1. The van der Waals surface area contributed by atoms with E-state index in [4.69, 9.17) is 4.74 Å². The lowest BCUT2D eigenvalue weighted by Crippen LogP contribution is -2.26. The average Bonchev–Trinajstić information content (AvgIpc) is 2.28. The summed E-state index contributed by atoms with van der Waals surface area (Å²) in [6.07, 6.45) is 0. The Labute approximate surface area is 107 Å². The molecule has 1 aromatic carbocycles. The Morgan fingerprint density at radius 2 is 1.94 bits per heavy atom. The van der Waals surface area contributed by atoms with E-state index in [0.29, 0.717) is 18.7 Å². The minimum Gasteiger partial charge on any atom is -0.383 e. The van der Waals surface area contributed by atoms with Crippen LogP contribution in [-0.4, -0.2) is 31.7 Å². The van der Waals surface area contributed by atoms with E-state index in [2.05, 4.69) is 5.32 Å². The quantitative estimate of drug-likeness (QED) is 0.665. The Bertz CT molecular complexity index is 392. The summed E-state index contributed by atoms with van der Waals surface area (Å²) < 4.78 is 41.0. The summed E-state index contributed by atoms with van der Waals surface area (Å²) in [7, 11) is 1.51. The van der Waals surface area contributed by atoms with Gasteiger partial charge in [-0.05, 0) is 36.0 Å².